The van der Waals surface area contributed by atoms with Crippen molar-refractivity contribution in [1.82, 2.24) is 16.1 Å². The summed E-state index contributed by atoms with van der Waals surface area (Å²) in [5, 5.41) is 29.1. The molecule has 3 aromatic carbocycles. The van der Waals surface area contributed by atoms with Gasteiger partial charge in [-0.05, 0) is 107 Å². The number of nitriles is 1. The Bertz CT molecular complexity index is 1690. The number of esters is 1. The Morgan fingerprint density at radius 3 is 2.59 bits per heavy atom. The van der Waals surface area contributed by atoms with Crippen LogP contribution in [0.5, 0.6) is 17.2 Å². The molecule has 0 spiro atoms. The highest BCUT2D eigenvalue weighted by Crippen LogP contribution is 2.35. The van der Waals surface area contributed by atoms with Crippen molar-refractivity contribution in [2.24, 2.45) is 5.10 Å². The lowest BCUT2D eigenvalue weighted by molar-refractivity contribution is -0.136. The number of urea groups is 1. The first-order valence-electron chi connectivity index (χ1n) is 14.0. The molecule has 0 aliphatic carbocycles. The number of aliphatic hydroxyl groups excluding tert-OH is 1. The van der Waals surface area contributed by atoms with E-state index in [2.05, 4.69) is 72.4 Å². The molecule has 12 nitrogen and oxygen atoms in total. The number of aliphatic hydroxyl groups is 1. The summed E-state index contributed by atoms with van der Waals surface area (Å²) in [5.74, 6) is 0.769. The molecule has 4 rings (SSSR count). The van der Waals surface area contributed by atoms with Crippen LogP contribution in [0.2, 0.25) is 0 Å². The van der Waals surface area contributed by atoms with E-state index in [-0.39, 0.29) is 12.2 Å². The number of halogens is 2. The van der Waals surface area contributed by atoms with Crippen molar-refractivity contribution in [2.45, 2.75) is 32.7 Å². The maximum atomic E-state index is 12.5. The molecule has 0 radical (unpaired) electrons. The van der Waals surface area contributed by atoms with Crippen LogP contribution in [0.15, 0.2) is 71.0 Å². The number of rotatable bonds is 13. The van der Waals surface area contributed by atoms with Crippen LogP contribution in [0.25, 0.3) is 0 Å². The van der Waals surface area contributed by atoms with E-state index in [1.165, 1.54) is 7.11 Å². The largest absolute Gasteiger partial charge is 0.490 e. The molecule has 4 N–H and O–H groups in total. The molecule has 1 aliphatic heterocycles. The molecule has 14 heteroatoms. The van der Waals surface area contributed by atoms with Crippen LogP contribution in [0.4, 0.5) is 4.79 Å². The molecule has 3 aromatic rings. The topological polar surface area (TPSA) is 164 Å². The van der Waals surface area contributed by atoms with Crippen LogP contribution < -0.4 is 30.3 Å². The molecular weight excluding hydrogens is 820 g/mol. The van der Waals surface area contributed by atoms with Gasteiger partial charge in [-0.1, -0.05) is 18.2 Å². The molecule has 1 aliphatic rings. The van der Waals surface area contributed by atoms with Crippen molar-refractivity contribution >= 4 is 63.4 Å². The Morgan fingerprint density at radius 2 is 1.89 bits per heavy atom. The van der Waals surface area contributed by atoms with Gasteiger partial charge in [0, 0.05) is 14.8 Å². The number of methoxy groups -OCH3 is 1. The van der Waals surface area contributed by atoms with Gasteiger partial charge in [-0.3, -0.25) is 5.43 Å². The molecule has 2 atom stereocenters. The Kier molecular flexibility index (Phi) is 12.5. The molecule has 0 bridgehead atoms. The van der Waals surface area contributed by atoms with E-state index in [0.29, 0.717) is 52.8 Å². The molecular formula is C32H31I2N5O7. The maximum absolute atomic E-state index is 12.5. The first-order chi connectivity index (χ1) is 22.1. The van der Waals surface area contributed by atoms with Crippen LogP contribution in [0.1, 0.15) is 42.1 Å². The third kappa shape index (κ3) is 9.01. The van der Waals surface area contributed by atoms with Gasteiger partial charge in [0.1, 0.15) is 19.0 Å². The van der Waals surface area contributed by atoms with E-state index in [9.17, 15) is 14.7 Å². The van der Waals surface area contributed by atoms with Gasteiger partial charge in [0.15, 0.2) is 17.7 Å². The third-order valence-electron chi connectivity index (χ3n) is 6.60. The Morgan fingerprint density at radius 1 is 1.13 bits per heavy atom. The fraction of sp³-hybridized carbons (Fsp3) is 0.250. The molecule has 0 unspecified atom stereocenters. The van der Waals surface area contributed by atoms with Crippen molar-refractivity contribution in [3.05, 3.63) is 95.3 Å². The summed E-state index contributed by atoms with van der Waals surface area (Å²) < 4.78 is 24.5. The number of amides is 2. The zero-order valence-corrected chi connectivity index (χ0v) is 29.4. The van der Waals surface area contributed by atoms with Gasteiger partial charge < -0.3 is 34.7 Å². The normalized spacial score (nSPS) is 15.0. The zero-order chi connectivity index (χ0) is 33.2. The van der Waals surface area contributed by atoms with E-state index in [1.54, 1.807) is 43.5 Å². The number of allylic oxidation sites excluding steroid dienone is 1. The Labute approximate surface area is 293 Å². The monoisotopic (exact) mass is 851 g/mol. The average Bonchev–Trinajstić information content (AvgIpc) is 3.03. The summed E-state index contributed by atoms with van der Waals surface area (Å²) in [6, 6.07) is 17.0. The summed E-state index contributed by atoms with van der Waals surface area (Å²) in [4.78, 5) is 24.7. The van der Waals surface area contributed by atoms with E-state index in [4.69, 9.17) is 24.2 Å². The van der Waals surface area contributed by atoms with Gasteiger partial charge in [-0.25, -0.2) is 9.59 Å². The molecule has 0 saturated carbocycles. The third-order valence-corrected chi connectivity index (χ3v) is 8.03. The number of benzene rings is 3. The first kappa shape index (κ1) is 34.8. The van der Waals surface area contributed by atoms with Crippen LogP contribution >= 0.6 is 45.2 Å². The van der Waals surface area contributed by atoms with E-state index >= 15 is 0 Å². The predicted molar refractivity (Wildman–Crippen MR) is 186 cm³/mol. The molecule has 2 amide bonds. The lowest BCUT2D eigenvalue weighted by Gasteiger charge is -2.28. The number of carbonyl (C=O) groups excluding carboxylic acids is 2. The molecule has 1 heterocycles. The standard InChI is InChI=1S/C32H31I2N5O7/c1-4-44-26-12-21(29-28(31(41)43-3)18(2)37-32(42)38-29)9-10-25(26)45-17-27(40)39-36-15-22-11-23(33)13-24(34)30(22)46-16-20-7-5-19(14-35)6-8-20/h5-13,15,27,29,39-40H,4,16-17H2,1-3H3,(H2,37,38,42)/b36-15+/t27-,29-/m0/s1. The van der Waals surface area contributed by atoms with Crippen molar-refractivity contribution < 1.29 is 33.6 Å². The summed E-state index contributed by atoms with van der Waals surface area (Å²) in [5.41, 5.74) is 6.09. The number of carbonyl (C=O) groups is 2. The van der Waals surface area contributed by atoms with Crippen LogP contribution in [-0.2, 0) is 16.1 Å². The van der Waals surface area contributed by atoms with Crippen LogP contribution in [-0.4, -0.2) is 49.9 Å². The fourth-order valence-corrected chi connectivity index (χ4v) is 6.52. The minimum Gasteiger partial charge on any atom is -0.490 e. The van der Waals surface area contributed by atoms with E-state index in [1.807, 2.05) is 31.2 Å². The Hall–Kier alpha value is -4.08. The van der Waals surface area contributed by atoms with Gasteiger partial charge >= 0.3 is 12.0 Å². The van der Waals surface area contributed by atoms with Gasteiger partial charge in [0.05, 0.1) is 46.7 Å². The second-order valence-electron chi connectivity index (χ2n) is 9.82. The van der Waals surface area contributed by atoms with Crippen LogP contribution in [0, 0.1) is 18.5 Å². The van der Waals surface area contributed by atoms with Gasteiger partial charge in [-0.15, -0.1) is 0 Å². The maximum Gasteiger partial charge on any atom is 0.337 e. The summed E-state index contributed by atoms with van der Waals surface area (Å²) in [7, 11) is 1.27. The molecule has 240 valence electrons. The highest BCUT2D eigenvalue weighted by molar-refractivity contribution is 14.1. The van der Waals surface area contributed by atoms with Crippen LogP contribution in [0.3, 0.4) is 0 Å². The van der Waals surface area contributed by atoms with Crippen molar-refractivity contribution in [3.63, 3.8) is 0 Å². The Balaban J connectivity index is 1.42. The smallest absolute Gasteiger partial charge is 0.337 e. The molecule has 46 heavy (non-hydrogen) atoms. The first-order valence-corrected chi connectivity index (χ1v) is 16.1. The van der Waals surface area contributed by atoms with Crippen molar-refractivity contribution in [1.29, 1.82) is 5.26 Å². The van der Waals surface area contributed by atoms with Gasteiger partial charge in [-0.2, -0.15) is 10.4 Å². The second kappa shape index (κ2) is 16.5. The summed E-state index contributed by atoms with van der Waals surface area (Å²) >= 11 is 4.41. The highest BCUT2D eigenvalue weighted by Gasteiger charge is 2.32. The van der Waals surface area contributed by atoms with E-state index in [0.717, 1.165) is 12.7 Å². The minimum atomic E-state index is -1.17. The fourth-order valence-electron chi connectivity index (χ4n) is 4.47. The van der Waals surface area contributed by atoms with Crippen molar-refractivity contribution in [3.8, 4) is 23.3 Å². The molecule has 0 fully saturated rings. The number of nitrogens with one attached hydrogen (secondary N) is 3. The zero-order valence-electron chi connectivity index (χ0n) is 25.1. The summed E-state index contributed by atoms with van der Waals surface area (Å²) in [6.07, 6.45) is 0.388. The number of ether oxygens (including phenoxy) is 4. The minimum absolute atomic E-state index is 0.167. The highest BCUT2D eigenvalue weighted by atomic mass is 127. The number of hydrazone groups is 1. The number of hydrogen-bond donors (Lipinski definition) is 4. The average molecular weight is 851 g/mol. The summed E-state index contributed by atoms with van der Waals surface area (Å²) in [6.45, 7) is 3.90. The lowest BCUT2D eigenvalue weighted by Crippen LogP contribution is -2.45. The quantitative estimate of drug-likeness (QED) is 0.0619. The predicted octanol–water partition coefficient (Wildman–Crippen LogP) is 4.87. The molecule has 0 saturated heterocycles. The second-order valence-corrected chi connectivity index (χ2v) is 12.2. The van der Waals surface area contributed by atoms with Crippen molar-refractivity contribution in [2.75, 3.05) is 20.3 Å². The SMILES string of the molecule is CCOc1cc([C@@H]2NC(=O)NC(C)=C2C(=O)OC)ccc1OC[C@H](O)N/N=C/c1cc(I)cc(I)c1OCc1ccc(C#N)cc1. The van der Waals surface area contributed by atoms with Gasteiger partial charge in [0.25, 0.3) is 0 Å². The number of nitrogens with zero attached hydrogens (tertiary/aromatic N) is 2. The van der Waals surface area contributed by atoms with E-state index < -0.39 is 24.3 Å². The van der Waals surface area contributed by atoms with Gasteiger partial charge in [0.2, 0.25) is 0 Å². The lowest BCUT2D eigenvalue weighted by atomic mass is 9.95. The number of hydrogen-bond acceptors (Lipinski definition) is 10. The molecule has 0 aromatic heterocycles.